The average molecular weight is 180 g/mol. The molecule has 0 atom stereocenters. The quantitative estimate of drug-likeness (QED) is 0.714. The van der Waals surface area contributed by atoms with E-state index in [2.05, 4.69) is 10.3 Å². The third-order valence-corrected chi connectivity index (χ3v) is 1.49. The Morgan fingerprint density at radius 3 is 2.85 bits per heavy atom. The fourth-order valence-corrected chi connectivity index (χ4v) is 0.857. The van der Waals surface area contributed by atoms with E-state index in [4.69, 9.17) is 0 Å². The largest absolute Gasteiger partial charge is 0.310 e. The zero-order valence-electron chi connectivity index (χ0n) is 7.08. The van der Waals surface area contributed by atoms with Crippen LogP contribution < -0.4 is 5.32 Å². The zero-order chi connectivity index (χ0) is 8.81. The number of hydrogen-bond donors (Lipinski definition) is 1. The minimum absolute atomic E-state index is 0. The van der Waals surface area contributed by atoms with Gasteiger partial charge in [-0.25, -0.2) is 0 Å². The van der Waals surface area contributed by atoms with E-state index in [9.17, 15) is 4.79 Å². The fourth-order valence-electron chi connectivity index (χ4n) is 0.857. The summed E-state index contributed by atoms with van der Waals surface area (Å²) in [4.78, 5) is 15.2. The number of pyridine rings is 1. The topological polar surface area (TPSA) is 42.0 Å². The molecule has 1 aromatic heterocycles. The van der Waals surface area contributed by atoms with E-state index in [0.717, 1.165) is 6.54 Å². The third kappa shape index (κ3) is 3.80. The summed E-state index contributed by atoms with van der Waals surface area (Å²) in [5.74, 6) is 0.0393. The Labute approximate surface area is 79.2 Å². The van der Waals surface area contributed by atoms with Gasteiger partial charge in [0.05, 0.1) is 6.54 Å². The van der Waals surface area contributed by atoms with Gasteiger partial charge in [-0.1, -0.05) is 20.4 Å². The minimum Gasteiger partial charge on any atom is -0.310 e. The van der Waals surface area contributed by atoms with Gasteiger partial charge in [0.25, 0.3) is 0 Å². The molecule has 13 heavy (non-hydrogen) atoms. The lowest BCUT2D eigenvalue weighted by molar-refractivity contribution is 0.0987. The maximum absolute atomic E-state index is 11.3. The molecule has 1 aromatic rings. The molecule has 1 N–H and O–H groups in total. The molecule has 0 spiro atoms. The van der Waals surface area contributed by atoms with Gasteiger partial charge in [-0.05, 0) is 18.7 Å². The zero-order valence-corrected chi connectivity index (χ0v) is 7.08. The summed E-state index contributed by atoms with van der Waals surface area (Å²) in [6, 6.07) is 5.33. The van der Waals surface area contributed by atoms with E-state index < -0.39 is 0 Å². The summed E-state index contributed by atoms with van der Waals surface area (Å²) < 4.78 is 0. The van der Waals surface area contributed by atoms with E-state index >= 15 is 0 Å². The Morgan fingerprint density at radius 1 is 1.54 bits per heavy atom. The Morgan fingerprint density at radius 2 is 2.31 bits per heavy atom. The molecule has 3 nitrogen and oxygen atoms in total. The first kappa shape index (κ1) is 11.8. The second kappa shape index (κ2) is 6.31. The van der Waals surface area contributed by atoms with Gasteiger partial charge in [0.15, 0.2) is 5.78 Å². The molecule has 3 heteroatoms. The maximum Gasteiger partial charge on any atom is 0.194 e. The van der Waals surface area contributed by atoms with Crippen molar-refractivity contribution in [3.63, 3.8) is 0 Å². The minimum atomic E-state index is 0. The Kier molecular flexibility index (Phi) is 5.72. The van der Waals surface area contributed by atoms with Crippen molar-refractivity contribution in [2.24, 2.45) is 0 Å². The first-order chi connectivity index (χ1) is 5.84. The Hall–Kier alpha value is -1.22. The summed E-state index contributed by atoms with van der Waals surface area (Å²) in [7, 11) is 0. The van der Waals surface area contributed by atoms with Gasteiger partial charge in [-0.3, -0.25) is 9.78 Å². The lowest BCUT2D eigenvalue weighted by atomic mass is 10.2. The van der Waals surface area contributed by atoms with Crippen LogP contribution in [-0.4, -0.2) is 23.9 Å². The molecule has 0 radical (unpaired) electrons. The van der Waals surface area contributed by atoms with Crippen molar-refractivity contribution in [3.05, 3.63) is 30.1 Å². The summed E-state index contributed by atoms with van der Waals surface area (Å²) in [5.41, 5.74) is 0.526. The number of aromatic nitrogens is 1. The normalized spacial score (nSPS) is 9.00. The second-order valence-corrected chi connectivity index (χ2v) is 2.42. The molecule has 0 aliphatic heterocycles. The molecular weight excluding hydrogens is 164 g/mol. The summed E-state index contributed by atoms with van der Waals surface area (Å²) in [6.45, 7) is 3.14. The van der Waals surface area contributed by atoms with Crippen LogP contribution in [0.25, 0.3) is 0 Å². The number of Topliss-reactive ketones (excluding diaryl/α,β-unsaturated/α-hetero) is 1. The predicted molar refractivity (Wildman–Crippen MR) is 53.8 cm³/mol. The maximum atomic E-state index is 11.3. The number of carbonyl (C=O) groups is 1. The average Bonchev–Trinajstić information content (AvgIpc) is 2.15. The fraction of sp³-hybridized carbons (Fsp3) is 0.400. The van der Waals surface area contributed by atoms with E-state index in [1.807, 2.05) is 13.0 Å². The highest BCUT2D eigenvalue weighted by molar-refractivity contribution is 5.95. The molecule has 0 fully saturated rings. The lowest BCUT2D eigenvalue weighted by Gasteiger charge is -1.99. The molecule has 1 rings (SSSR count). The monoisotopic (exact) mass is 180 g/mol. The van der Waals surface area contributed by atoms with Crippen LogP contribution in [0, 0.1) is 0 Å². The van der Waals surface area contributed by atoms with Crippen LogP contribution in [0.2, 0.25) is 0 Å². The van der Waals surface area contributed by atoms with Crippen LogP contribution in [0.15, 0.2) is 24.4 Å². The standard InChI is InChI=1S/C9H12N2O.CH4/c1-2-10-7-9(12)8-5-3-4-6-11-8;/h3-6,10H,2,7H2,1H3;1H4. The van der Waals surface area contributed by atoms with Crippen molar-refractivity contribution in [1.29, 1.82) is 0 Å². The molecule has 0 bridgehead atoms. The van der Waals surface area contributed by atoms with Crippen LogP contribution in [0.5, 0.6) is 0 Å². The van der Waals surface area contributed by atoms with Crippen molar-refractivity contribution < 1.29 is 4.79 Å². The van der Waals surface area contributed by atoms with E-state index in [1.54, 1.807) is 18.3 Å². The molecular formula is C10H16N2O. The smallest absolute Gasteiger partial charge is 0.194 e. The molecule has 0 amide bonds. The lowest BCUT2D eigenvalue weighted by Crippen LogP contribution is -2.23. The van der Waals surface area contributed by atoms with Gasteiger partial charge in [-0.2, -0.15) is 0 Å². The van der Waals surface area contributed by atoms with Crippen molar-refractivity contribution in [2.75, 3.05) is 13.1 Å². The van der Waals surface area contributed by atoms with E-state index in [0.29, 0.717) is 12.2 Å². The van der Waals surface area contributed by atoms with Crippen molar-refractivity contribution >= 4 is 5.78 Å². The van der Waals surface area contributed by atoms with E-state index in [1.165, 1.54) is 0 Å². The highest BCUT2D eigenvalue weighted by Gasteiger charge is 2.03. The van der Waals surface area contributed by atoms with Gasteiger partial charge >= 0.3 is 0 Å². The number of ketones is 1. The molecule has 1 heterocycles. The van der Waals surface area contributed by atoms with Crippen LogP contribution in [0.3, 0.4) is 0 Å². The van der Waals surface area contributed by atoms with Crippen LogP contribution in [-0.2, 0) is 0 Å². The Bertz CT molecular complexity index is 246. The van der Waals surface area contributed by atoms with Gasteiger partial charge in [0.2, 0.25) is 0 Å². The number of rotatable bonds is 4. The van der Waals surface area contributed by atoms with Gasteiger partial charge in [0, 0.05) is 6.20 Å². The Balaban J connectivity index is 0.00000144. The molecule has 0 aromatic carbocycles. The molecule has 0 unspecified atom stereocenters. The third-order valence-electron chi connectivity index (χ3n) is 1.49. The highest BCUT2D eigenvalue weighted by atomic mass is 16.1. The van der Waals surface area contributed by atoms with Crippen molar-refractivity contribution in [2.45, 2.75) is 14.4 Å². The summed E-state index contributed by atoms with van der Waals surface area (Å²) in [5, 5.41) is 2.96. The number of nitrogens with zero attached hydrogens (tertiary/aromatic N) is 1. The molecule has 0 saturated heterocycles. The molecule has 0 aliphatic carbocycles. The highest BCUT2D eigenvalue weighted by Crippen LogP contribution is 1.93. The van der Waals surface area contributed by atoms with Gasteiger partial charge < -0.3 is 5.32 Å². The number of hydrogen-bond acceptors (Lipinski definition) is 3. The second-order valence-electron chi connectivity index (χ2n) is 2.42. The van der Waals surface area contributed by atoms with E-state index in [-0.39, 0.29) is 13.2 Å². The van der Waals surface area contributed by atoms with Crippen LogP contribution in [0.4, 0.5) is 0 Å². The number of likely N-dealkylation sites (N-methyl/N-ethyl adjacent to an activating group) is 1. The first-order valence-corrected chi connectivity index (χ1v) is 3.99. The summed E-state index contributed by atoms with van der Waals surface area (Å²) >= 11 is 0. The van der Waals surface area contributed by atoms with Crippen molar-refractivity contribution in [1.82, 2.24) is 10.3 Å². The SMILES string of the molecule is C.CCNCC(=O)c1ccccn1. The molecule has 0 saturated carbocycles. The van der Waals surface area contributed by atoms with Crippen molar-refractivity contribution in [3.8, 4) is 0 Å². The molecule has 0 aliphatic rings. The number of carbonyl (C=O) groups excluding carboxylic acids is 1. The molecule has 72 valence electrons. The predicted octanol–water partition coefficient (Wildman–Crippen LogP) is 1.51. The van der Waals surface area contributed by atoms with Crippen LogP contribution >= 0.6 is 0 Å². The first-order valence-electron chi connectivity index (χ1n) is 3.99. The summed E-state index contributed by atoms with van der Waals surface area (Å²) in [6.07, 6.45) is 1.62. The van der Waals surface area contributed by atoms with Crippen LogP contribution in [0.1, 0.15) is 24.8 Å². The van der Waals surface area contributed by atoms with Gasteiger partial charge in [-0.15, -0.1) is 0 Å². The van der Waals surface area contributed by atoms with Gasteiger partial charge in [0.1, 0.15) is 5.69 Å². The number of nitrogens with one attached hydrogen (secondary N) is 1.